The molecule has 0 aliphatic heterocycles. The second kappa shape index (κ2) is 5.43. The van der Waals surface area contributed by atoms with Crippen molar-refractivity contribution >= 4 is 39.1 Å². The number of benzene rings is 2. The van der Waals surface area contributed by atoms with Crippen LogP contribution in [0.15, 0.2) is 42.5 Å². The highest BCUT2D eigenvalue weighted by molar-refractivity contribution is 9.09. The van der Waals surface area contributed by atoms with Crippen LogP contribution in [0.4, 0.5) is 0 Å². The Morgan fingerprint density at radius 1 is 1.00 bits per heavy atom. The molecule has 0 heterocycles. The van der Waals surface area contributed by atoms with Crippen LogP contribution < -0.4 is 0 Å². The Bertz CT molecular complexity index is 537. The average molecular weight is 330 g/mol. The van der Waals surface area contributed by atoms with E-state index >= 15 is 0 Å². The molecule has 0 radical (unpaired) electrons. The summed E-state index contributed by atoms with van der Waals surface area (Å²) in [6.07, 6.45) is 0. The zero-order valence-corrected chi connectivity index (χ0v) is 12.4. The van der Waals surface area contributed by atoms with Gasteiger partial charge < -0.3 is 0 Å². The molecule has 3 heteroatoms. The highest BCUT2D eigenvalue weighted by Gasteiger charge is 2.13. The third kappa shape index (κ3) is 2.85. The van der Waals surface area contributed by atoms with Crippen LogP contribution in [0, 0.1) is 6.92 Å². The quantitative estimate of drug-likeness (QED) is 0.612. The lowest BCUT2D eigenvalue weighted by molar-refractivity contribution is 1.14. The van der Waals surface area contributed by atoms with Gasteiger partial charge in [0.2, 0.25) is 0 Å². The molecule has 2 aromatic carbocycles. The lowest BCUT2D eigenvalue weighted by Crippen LogP contribution is -1.95. The fourth-order valence-electron chi connectivity index (χ4n) is 1.72. The summed E-state index contributed by atoms with van der Waals surface area (Å²) in [5, 5.41) is 1.17. The van der Waals surface area contributed by atoms with Gasteiger partial charge >= 0.3 is 0 Å². The number of rotatable bonds is 2. The molecule has 88 valence electrons. The van der Waals surface area contributed by atoms with E-state index in [0.717, 1.165) is 5.56 Å². The van der Waals surface area contributed by atoms with Crippen LogP contribution in [-0.4, -0.2) is 0 Å². The summed E-state index contributed by atoms with van der Waals surface area (Å²) in [5.74, 6) is 0. The largest absolute Gasteiger partial charge is 0.0827 e. The molecular formula is C14H11BrCl2. The highest BCUT2D eigenvalue weighted by atomic mass is 79.9. The minimum Gasteiger partial charge on any atom is -0.0827 e. The van der Waals surface area contributed by atoms with Crippen molar-refractivity contribution in [3.8, 4) is 0 Å². The first-order valence-electron chi connectivity index (χ1n) is 5.24. The molecular weight excluding hydrogens is 319 g/mol. The Kier molecular flexibility index (Phi) is 4.13. The van der Waals surface area contributed by atoms with Crippen LogP contribution >= 0.6 is 39.1 Å². The van der Waals surface area contributed by atoms with Crippen LogP contribution in [0.25, 0.3) is 0 Å². The van der Waals surface area contributed by atoms with E-state index in [1.54, 1.807) is 0 Å². The maximum absolute atomic E-state index is 6.03. The molecule has 0 fully saturated rings. The number of aryl methyl sites for hydroxylation is 1. The molecule has 0 aliphatic carbocycles. The van der Waals surface area contributed by atoms with Crippen molar-refractivity contribution in [1.29, 1.82) is 0 Å². The zero-order valence-electron chi connectivity index (χ0n) is 9.25. The summed E-state index contributed by atoms with van der Waals surface area (Å²) in [6.45, 7) is 2.10. The maximum atomic E-state index is 6.03. The summed E-state index contributed by atoms with van der Waals surface area (Å²) < 4.78 is 0. The van der Waals surface area contributed by atoms with E-state index in [9.17, 15) is 0 Å². The maximum Gasteiger partial charge on any atom is 0.0647 e. The van der Waals surface area contributed by atoms with E-state index in [1.165, 1.54) is 11.1 Å². The predicted octanol–water partition coefficient (Wildman–Crippen LogP) is 5.79. The molecule has 0 amide bonds. The van der Waals surface area contributed by atoms with Crippen LogP contribution in [-0.2, 0) is 0 Å². The summed E-state index contributed by atoms with van der Waals surface area (Å²) in [4.78, 5) is 0.137. The van der Waals surface area contributed by atoms with Gasteiger partial charge in [0.25, 0.3) is 0 Å². The molecule has 0 saturated heterocycles. The summed E-state index contributed by atoms with van der Waals surface area (Å²) >= 11 is 15.6. The molecule has 2 rings (SSSR count). The van der Waals surface area contributed by atoms with Crippen molar-refractivity contribution in [2.75, 3.05) is 0 Å². The first-order valence-corrected chi connectivity index (χ1v) is 6.91. The molecule has 1 unspecified atom stereocenters. The molecule has 0 nitrogen and oxygen atoms in total. The van der Waals surface area contributed by atoms with E-state index in [4.69, 9.17) is 23.2 Å². The Labute approximate surface area is 120 Å². The van der Waals surface area contributed by atoms with Crippen LogP contribution in [0.1, 0.15) is 21.5 Å². The summed E-state index contributed by atoms with van der Waals surface area (Å²) in [5.41, 5.74) is 3.60. The molecule has 0 saturated carbocycles. The fraction of sp³-hybridized carbons (Fsp3) is 0.143. The Hall–Kier alpha value is -0.500. The minimum absolute atomic E-state index is 0.137. The first kappa shape index (κ1) is 12.9. The Morgan fingerprint density at radius 3 is 2.35 bits per heavy atom. The van der Waals surface area contributed by atoms with E-state index in [1.807, 2.05) is 30.3 Å². The van der Waals surface area contributed by atoms with Gasteiger partial charge in [0.1, 0.15) is 0 Å². The molecule has 0 spiro atoms. The van der Waals surface area contributed by atoms with Crippen molar-refractivity contribution in [2.45, 2.75) is 11.8 Å². The predicted molar refractivity (Wildman–Crippen MR) is 78.4 cm³/mol. The number of hydrogen-bond donors (Lipinski definition) is 0. The van der Waals surface area contributed by atoms with Gasteiger partial charge in [0, 0.05) is 0 Å². The van der Waals surface area contributed by atoms with E-state index in [2.05, 4.69) is 35.0 Å². The van der Waals surface area contributed by atoms with Crippen molar-refractivity contribution in [1.82, 2.24) is 0 Å². The second-order valence-corrected chi connectivity index (χ2v) is 5.62. The number of hydrogen-bond acceptors (Lipinski definition) is 0. The zero-order chi connectivity index (χ0) is 12.4. The van der Waals surface area contributed by atoms with Gasteiger partial charge in [-0.15, -0.1) is 0 Å². The van der Waals surface area contributed by atoms with Gasteiger partial charge in [-0.2, -0.15) is 0 Å². The third-order valence-corrected chi connectivity index (χ3v) is 4.46. The SMILES string of the molecule is Cc1ccccc1C(Br)c1ccc(Cl)c(Cl)c1. The molecule has 0 aliphatic rings. The smallest absolute Gasteiger partial charge is 0.0647 e. The van der Waals surface area contributed by atoms with Crippen LogP contribution in [0.2, 0.25) is 10.0 Å². The van der Waals surface area contributed by atoms with Crippen molar-refractivity contribution < 1.29 is 0 Å². The second-order valence-electron chi connectivity index (χ2n) is 3.89. The standard InChI is InChI=1S/C14H11BrCl2/c1-9-4-2-3-5-11(9)14(15)10-6-7-12(16)13(17)8-10/h2-8,14H,1H3. The Balaban J connectivity index is 2.40. The lowest BCUT2D eigenvalue weighted by atomic mass is 10.0. The highest BCUT2D eigenvalue weighted by Crippen LogP contribution is 2.35. The normalized spacial score (nSPS) is 12.5. The van der Waals surface area contributed by atoms with Gasteiger partial charge in [-0.1, -0.05) is 69.5 Å². The van der Waals surface area contributed by atoms with Crippen molar-refractivity contribution in [3.63, 3.8) is 0 Å². The topological polar surface area (TPSA) is 0 Å². The number of alkyl halides is 1. The lowest BCUT2D eigenvalue weighted by Gasteiger charge is -2.14. The van der Waals surface area contributed by atoms with Crippen LogP contribution in [0.3, 0.4) is 0 Å². The van der Waals surface area contributed by atoms with Crippen LogP contribution in [0.5, 0.6) is 0 Å². The van der Waals surface area contributed by atoms with Gasteiger partial charge in [0.05, 0.1) is 14.9 Å². The van der Waals surface area contributed by atoms with Crippen molar-refractivity contribution in [3.05, 3.63) is 69.2 Å². The minimum atomic E-state index is 0.137. The molecule has 0 bridgehead atoms. The molecule has 2 aromatic rings. The van der Waals surface area contributed by atoms with Gasteiger partial charge in [0.15, 0.2) is 0 Å². The molecule has 0 N–H and O–H groups in total. The molecule has 1 atom stereocenters. The number of halogens is 3. The van der Waals surface area contributed by atoms with Crippen molar-refractivity contribution in [2.24, 2.45) is 0 Å². The fourth-order valence-corrected chi connectivity index (χ4v) is 2.83. The van der Waals surface area contributed by atoms with E-state index < -0.39 is 0 Å². The third-order valence-electron chi connectivity index (χ3n) is 2.70. The molecule has 17 heavy (non-hydrogen) atoms. The molecule has 0 aromatic heterocycles. The summed E-state index contributed by atoms with van der Waals surface area (Å²) in [6, 6.07) is 14.0. The Morgan fingerprint density at radius 2 is 1.71 bits per heavy atom. The van der Waals surface area contributed by atoms with Gasteiger partial charge in [-0.3, -0.25) is 0 Å². The van der Waals surface area contributed by atoms with E-state index in [-0.39, 0.29) is 4.83 Å². The average Bonchev–Trinajstić information content (AvgIpc) is 2.32. The first-order chi connectivity index (χ1) is 8.09. The summed E-state index contributed by atoms with van der Waals surface area (Å²) in [7, 11) is 0. The van der Waals surface area contributed by atoms with E-state index in [0.29, 0.717) is 10.0 Å². The van der Waals surface area contributed by atoms with Gasteiger partial charge in [-0.25, -0.2) is 0 Å². The van der Waals surface area contributed by atoms with Gasteiger partial charge in [-0.05, 0) is 35.7 Å². The monoisotopic (exact) mass is 328 g/mol.